The molecule has 0 spiro atoms. The molecular weight excluding hydrogens is 556 g/mol. The lowest BCUT2D eigenvalue weighted by atomic mass is 9.98. The number of sulfonamides is 1. The average Bonchev–Trinajstić information content (AvgIpc) is 3.02. The molecule has 0 unspecified atom stereocenters. The molecule has 0 aromatic heterocycles. The summed E-state index contributed by atoms with van der Waals surface area (Å²) in [5.74, 6) is 0.692. The minimum atomic E-state index is -4.33. The molecule has 1 N–H and O–H groups in total. The molecule has 0 saturated carbocycles. The normalized spacial score (nSPS) is 11.7. The van der Waals surface area contributed by atoms with Crippen LogP contribution in [0, 0.1) is 6.92 Å². The van der Waals surface area contributed by atoms with Crippen LogP contribution in [0.4, 0.5) is 5.69 Å². The average molecular weight is 591 g/mol. The molecule has 0 bridgehead atoms. The van der Waals surface area contributed by atoms with Crippen molar-refractivity contribution in [1.29, 1.82) is 0 Å². The Kier molecular flexibility index (Phi) is 9.59. The smallest absolute Gasteiger partial charge is 0.265 e. The molecule has 4 rings (SSSR count). The molecule has 0 aliphatic carbocycles. The topological polar surface area (TPSA) is 103 Å². The Bertz CT molecular complexity index is 1620. The largest absolute Gasteiger partial charge is 0.497 e. The molecule has 0 fully saturated rings. The maximum absolute atomic E-state index is 14.2. The summed E-state index contributed by atoms with van der Waals surface area (Å²) < 4.78 is 51.0. The summed E-state index contributed by atoms with van der Waals surface area (Å²) in [7, 11) is 1.44. The minimum absolute atomic E-state index is 0.101. The lowest BCUT2D eigenvalue weighted by Gasteiger charge is -2.28. The van der Waals surface area contributed by atoms with Crippen molar-refractivity contribution in [3.05, 3.63) is 108 Å². The van der Waals surface area contributed by atoms with Crippen molar-refractivity contribution in [2.45, 2.75) is 17.9 Å². The first kappa shape index (κ1) is 30.3. The van der Waals surface area contributed by atoms with Crippen LogP contribution < -0.4 is 28.6 Å². The predicted octanol–water partition coefficient (Wildman–Crippen LogP) is 5.13. The van der Waals surface area contributed by atoms with E-state index in [4.69, 9.17) is 18.9 Å². The summed E-state index contributed by atoms with van der Waals surface area (Å²) in [6.07, 6.45) is 0. The van der Waals surface area contributed by atoms with Gasteiger partial charge in [-0.1, -0.05) is 60.2 Å². The van der Waals surface area contributed by atoms with Crippen LogP contribution in [0.5, 0.6) is 23.0 Å². The zero-order valence-electron chi connectivity index (χ0n) is 24.2. The third-order valence-electron chi connectivity index (χ3n) is 6.73. The van der Waals surface area contributed by atoms with E-state index in [1.807, 2.05) is 61.5 Å². The molecule has 0 aliphatic heterocycles. The van der Waals surface area contributed by atoms with Gasteiger partial charge in [-0.05, 0) is 42.3 Å². The van der Waals surface area contributed by atoms with Crippen molar-refractivity contribution in [3.63, 3.8) is 0 Å². The minimum Gasteiger partial charge on any atom is -0.497 e. The van der Waals surface area contributed by atoms with Crippen LogP contribution in [0.3, 0.4) is 0 Å². The molecule has 10 heteroatoms. The van der Waals surface area contributed by atoms with Gasteiger partial charge in [0.2, 0.25) is 5.91 Å². The number of carbonyl (C=O) groups is 1. The summed E-state index contributed by atoms with van der Waals surface area (Å²) in [5.41, 5.74) is 2.92. The van der Waals surface area contributed by atoms with E-state index in [2.05, 4.69) is 5.32 Å². The van der Waals surface area contributed by atoms with Crippen LogP contribution >= 0.6 is 0 Å². The fraction of sp³-hybridized carbons (Fsp3) is 0.219. The Hall–Kier alpha value is -4.70. The second-order valence-corrected chi connectivity index (χ2v) is 11.3. The van der Waals surface area contributed by atoms with E-state index in [1.54, 1.807) is 12.1 Å². The Balaban J connectivity index is 1.79. The molecule has 4 aromatic carbocycles. The summed E-state index contributed by atoms with van der Waals surface area (Å²) in [6, 6.07) is 25.8. The maximum atomic E-state index is 14.2. The van der Waals surface area contributed by atoms with Crippen LogP contribution in [0.15, 0.2) is 95.9 Å². The third kappa shape index (κ3) is 6.60. The van der Waals surface area contributed by atoms with Gasteiger partial charge >= 0.3 is 0 Å². The van der Waals surface area contributed by atoms with E-state index < -0.39 is 28.5 Å². The molecule has 1 atom stereocenters. The first-order chi connectivity index (χ1) is 20.2. The van der Waals surface area contributed by atoms with Gasteiger partial charge in [0.1, 0.15) is 18.0 Å². The highest BCUT2D eigenvalue weighted by Gasteiger charge is 2.32. The molecule has 0 heterocycles. The lowest BCUT2D eigenvalue weighted by molar-refractivity contribution is -0.120. The van der Waals surface area contributed by atoms with Gasteiger partial charge in [0.15, 0.2) is 11.5 Å². The van der Waals surface area contributed by atoms with Crippen molar-refractivity contribution < 1.29 is 32.2 Å². The van der Waals surface area contributed by atoms with E-state index in [9.17, 15) is 13.2 Å². The number of rotatable bonds is 12. The van der Waals surface area contributed by atoms with Gasteiger partial charge in [0.05, 0.1) is 45.1 Å². The molecular formula is C32H34N2O7S. The first-order valence-corrected chi connectivity index (χ1v) is 14.5. The second-order valence-electron chi connectivity index (χ2n) is 9.39. The fourth-order valence-corrected chi connectivity index (χ4v) is 5.94. The van der Waals surface area contributed by atoms with Crippen molar-refractivity contribution in [3.8, 4) is 23.0 Å². The Morgan fingerprint density at radius 3 is 1.98 bits per heavy atom. The zero-order chi connectivity index (χ0) is 30.3. The first-order valence-electron chi connectivity index (χ1n) is 13.1. The van der Waals surface area contributed by atoms with E-state index in [1.165, 1.54) is 52.7 Å². The molecule has 4 aromatic rings. The number of amides is 1. The third-order valence-corrected chi connectivity index (χ3v) is 8.49. The number of nitrogens with zero attached hydrogens (tertiary/aromatic N) is 1. The molecule has 0 aliphatic rings. The van der Waals surface area contributed by atoms with Gasteiger partial charge in [-0.2, -0.15) is 0 Å². The zero-order valence-corrected chi connectivity index (χ0v) is 25.0. The van der Waals surface area contributed by atoms with Gasteiger partial charge in [-0.25, -0.2) is 8.42 Å². The van der Waals surface area contributed by atoms with Crippen LogP contribution in [0.2, 0.25) is 0 Å². The molecule has 0 saturated heterocycles. The Morgan fingerprint density at radius 1 is 0.738 bits per heavy atom. The molecule has 42 heavy (non-hydrogen) atoms. The van der Waals surface area contributed by atoms with Gasteiger partial charge in [-0.15, -0.1) is 0 Å². The fourth-order valence-electron chi connectivity index (χ4n) is 4.50. The maximum Gasteiger partial charge on any atom is 0.265 e. The van der Waals surface area contributed by atoms with E-state index >= 15 is 0 Å². The quantitative estimate of drug-likeness (QED) is 0.244. The lowest BCUT2D eigenvalue weighted by Crippen LogP contribution is -2.42. The van der Waals surface area contributed by atoms with Gasteiger partial charge in [0, 0.05) is 12.1 Å². The SMILES string of the molecule is COc1ccc(OC)c(N(CC(=O)N[C@@H](c2ccccc2)c2ccc(C)cc2)S(=O)(=O)c2ccc(OC)c(OC)c2)c1. The van der Waals surface area contributed by atoms with Gasteiger partial charge in [-0.3, -0.25) is 9.10 Å². The number of methoxy groups -OCH3 is 4. The Morgan fingerprint density at radius 2 is 1.36 bits per heavy atom. The van der Waals surface area contributed by atoms with Crippen LogP contribution in [0.25, 0.3) is 0 Å². The molecule has 1 amide bonds. The number of hydrogen-bond donors (Lipinski definition) is 1. The predicted molar refractivity (Wildman–Crippen MR) is 161 cm³/mol. The van der Waals surface area contributed by atoms with Gasteiger partial charge in [0.25, 0.3) is 10.0 Å². The number of carbonyl (C=O) groups excluding carboxylic acids is 1. The summed E-state index contributed by atoms with van der Waals surface area (Å²) >= 11 is 0. The number of ether oxygens (including phenoxy) is 4. The van der Waals surface area contributed by atoms with Crippen molar-refractivity contribution in [1.82, 2.24) is 5.32 Å². The number of aryl methyl sites for hydroxylation is 1. The number of hydrogen-bond acceptors (Lipinski definition) is 7. The molecule has 220 valence electrons. The number of benzene rings is 4. The molecule has 0 radical (unpaired) electrons. The van der Waals surface area contributed by atoms with E-state index in [-0.39, 0.29) is 22.1 Å². The Labute approximate surface area is 246 Å². The van der Waals surface area contributed by atoms with E-state index in [0.29, 0.717) is 11.5 Å². The van der Waals surface area contributed by atoms with Crippen molar-refractivity contribution in [2.75, 3.05) is 39.3 Å². The van der Waals surface area contributed by atoms with Crippen LogP contribution in [-0.4, -0.2) is 49.3 Å². The van der Waals surface area contributed by atoms with Crippen LogP contribution in [-0.2, 0) is 14.8 Å². The summed E-state index contributed by atoms with van der Waals surface area (Å²) in [6.45, 7) is 1.44. The molecule has 9 nitrogen and oxygen atoms in total. The standard InChI is InChI=1S/C32H34N2O7S/c1-22-11-13-24(14-12-22)32(23-9-7-6-8-10-23)33-31(35)21-34(27-19-25(38-2)15-17-28(27)39-3)42(36,37)26-16-18-29(40-4)30(20-26)41-5/h6-20,32H,21H2,1-5H3,(H,33,35)/t32-/m0/s1. The van der Waals surface area contributed by atoms with E-state index in [0.717, 1.165) is 21.0 Å². The van der Waals surface area contributed by atoms with Crippen molar-refractivity contribution in [2.24, 2.45) is 0 Å². The summed E-state index contributed by atoms with van der Waals surface area (Å²) in [5, 5.41) is 3.04. The second kappa shape index (κ2) is 13.3. The van der Waals surface area contributed by atoms with Crippen molar-refractivity contribution >= 4 is 21.6 Å². The number of anilines is 1. The monoisotopic (exact) mass is 590 g/mol. The number of nitrogens with one attached hydrogen (secondary N) is 1. The highest BCUT2D eigenvalue weighted by atomic mass is 32.2. The van der Waals surface area contributed by atoms with Crippen LogP contribution in [0.1, 0.15) is 22.7 Å². The summed E-state index contributed by atoms with van der Waals surface area (Å²) in [4.78, 5) is 13.7. The van der Waals surface area contributed by atoms with Gasteiger partial charge < -0.3 is 24.3 Å². The highest BCUT2D eigenvalue weighted by molar-refractivity contribution is 7.92. The highest BCUT2D eigenvalue weighted by Crippen LogP contribution is 2.37.